The molecule has 0 atom stereocenters. The second-order valence-corrected chi connectivity index (χ2v) is 7.74. The standard InChI is InChI=1S/C20H21BrN2O4S/c1-27-20(26)15-7-5-14(6-8-15)9-10-22-18(24)12-28-13-19(25)23-17-4-2-3-16(21)11-17/h2-8,11H,9-10,12-13H2,1H3,(H,22,24)(H,23,25). The van der Waals surface area contributed by atoms with E-state index in [0.717, 1.165) is 10.0 Å². The molecule has 0 radical (unpaired) electrons. The fourth-order valence-corrected chi connectivity index (χ4v) is 3.37. The van der Waals surface area contributed by atoms with E-state index in [0.29, 0.717) is 24.2 Å². The van der Waals surface area contributed by atoms with E-state index >= 15 is 0 Å². The average Bonchev–Trinajstić information content (AvgIpc) is 2.68. The second-order valence-electron chi connectivity index (χ2n) is 5.84. The van der Waals surface area contributed by atoms with E-state index in [-0.39, 0.29) is 29.3 Å². The van der Waals surface area contributed by atoms with E-state index in [1.807, 2.05) is 30.3 Å². The van der Waals surface area contributed by atoms with Crippen molar-refractivity contribution in [2.75, 3.05) is 30.5 Å². The summed E-state index contributed by atoms with van der Waals surface area (Å²) in [5.41, 5.74) is 2.21. The molecule has 0 bridgehead atoms. The normalized spacial score (nSPS) is 10.2. The first-order valence-electron chi connectivity index (χ1n) is 8.55. The summed E-state index contributed by atoms with van der Waals surface area (Å²) in [5.74, 6) is -0.226. The van der Waals surface area contributed by atoms with Gasteiger partial charge in [-0.3, -0.25) is 9.59 Å². The number of hydrogen-bond donors (Lipinski definition) is 2. The lowest BCUT2D eigenvalue weighted by Crippen LogP contribution is -2.28. The average molecular weight is 465 g/mol. The summed E-state index contributed by atoms with van der Waals surface area (Å²) in [5, 5.41) is 5.60. The quantitative estimate of drug-likeness (QED) is 0.556. The zero-order valence-electron chi connectivity index (χ0n) is 15.4. The number of carbonyl (C=O) groups is 3. The van der Waals surface area contributed by atoms with Crippen LogP contribution in [-0.4, -0.2) is 42.9 Å². The van der Waals surface area contributed by atoms with Gasteiger partial charge in [0, 0.05) is 16.7 Å². The smallest absolute Gasteiger partial charge is 0.337 e. The number of ether oxygens (including phenoxy) is 1. The number of thioether (sulfide) groups is 1. The fourth-order valence-electron chi connectivity index (χ4n) is 2.32. The van der Waals surface area contributed by atoms with Crippen molar-refractivity contribution in [3.63, 3.8) is 0 Å². The van der Waals surface area contributed by atoms with E-state index in [9.17, 15) is 14.4 Å². The van der Waals surface area contributed by atoms with Crippen molar-refractivity contribution in [1.82, 2.24) is 5.32 Å². The number of benzene rings is 2. The lowest BCUT2D eigenvalue weighted by molar-refractivity contribution is -0.118. The molecule has 0 aliphatic carbocycles. The highest BCUT2D eigenvalue weighted by Gasteiger charge is 2.07. The Bertz CT molecular complexity index is 827. The lowest BCUT2D eigenvalue weighted by atomic mass is 10.1. The van der Waals surface area contributed by atoms with Gasteiger partial charge in [0.25, 0.3) is 0 Å². The number of esters is 1. The molecule has 148 valence electrons. The topological polar surface area (TPSA) is 84.5 Å². The Labute approximate surface area is 176 Å². The van der Waals surface area contributed by atoms with Gasteiger partial charge in [0.1, 0.15) is 0 Å². The van der Waals surface area contributed by atoms with Crippen LogP contribution >= 0.6 is 27.7 Å². The summed E-state index contributed by atoms with van der Waals surface area (Å²) in [6, 6.07) is 14.4. The van der Waals surface area contributed by atoms with E-state index < -0.39 is 0 Å². The van der Waals surface area contributed by atoms with Gasteiger partial charge in [-0.2, -0.15) is 0 Å². The molecule has 2 rings (SSSR count). The summed E-state index contributed by atoms with van der Waals surface area (Å²) < 4.78 is 5.54. The molecule has 0 heterocycles. The second kappa shape index (κ2) is 11.5. The molecular formula is C20H21BrN2O4S. The van der Waals surface area contributed by atoms with Crippen molar-refractivity contribution < 1.29 is 19.1 Å². The number of carbonyl (C=O) groups excluding carboxylic acids is 3. The molecule has 0 aliphatic heterocycles. The predicted octanol–water partition coefficient (Wildman–Crippen LogP) is 3.27. The van der Waals surface area contributed by atoms with Crippen molar-refractivity contribution in [3.05, 3.63) is 64.1 Å². The Balaban J connectivity index is 1.62. The molecule has 6 nitrogen and oxygen atoms in total. The monoisotopic (exact) mass is 464 g/mol. The third kappa shape index (κ3) is 7.74. The SMILES string of the molecule is COC(=O)c1ccc(CCNC(=O)CSCC(=O)Nc2cccc(Br)c2)cc1. The van der Waals surface area contributed by atoms with E-state index in [4.69, 9.17) is 0 Å². The van der Waals surface area contributed by atoms with E-state index in [1.54, 1.807) is 18.2 Å². The Morgan fingerprint density at radius 1 is 1.04 bits per heavy atom. The number of amides is 2. The van der Waals surface area contributed by atoms with Crippen LogP contribution in [0.1, 0.15) is 15.9 Å². The summed E-state index contributed by atoms with van der Waals surface area (Å²) >= 11 is 4.61. The summed E-state index contributed by atoms with van der Waals surface area (Å²) in [6.45, 7) is 0.487. The maximum absolute atomic E-state index is 11.9. The van der Waals surface area contributed by atoms with Crippen LogP contribution < -0.4 is 10.6 Å². The van der Waals surface area contributed by atoms with Crippen molar-refractivity contribution in [2.45, 2.75) is 6.42 Å². The maximum atomic E-state index is 11.9. The Hall–Kier alpha value is -2.32. The van der Waals surface area contributed by atoms with Gasteiger partial charge < -0.3 is 15.4 Å². The molecule has 28 heavy (non-hydrogen) atoms. The van der Waals surface area contributed by atoms with Gasteiger partial charge in [-0.15, -0.1) is 11.8 Å². The molecule has 0 aliphatic rings. The number of nitrogens with one attached hydrogen (secondary N) is 2. The van der Waals surface area contributed by atoms with Crippen LogP contribution in [0.15, 0.2) is 53.0 Å². The van der Waals surface area contributed by atoms with Gasteiger partial charge in [-0.25, -0.2) is 4.79 Å². The largest absolute Gasteiger partial charge is 0.465 e. The first kappa shape index (κ1) is 22.0. The highest BCUT2D eigenvalue weighted by Crippen LogP contribution is 2.16. The first-order valence-corrected chi connectivity index (χ1v) is 10.5. The van der Waals surface area contributed by atoms with Crippen LogP contribution in [0.25, 0.3) is 0 Å². The molecule has 0 saturated heterocycles. The molecule has 0 spiro atoms. The molecule has 2 amide bonds. The lowest BCUT2D eigenvalue weighted by Gasteiger charge is -2.07. The molecule has 2 aromatic carbocycles. The minimum Gasteiger partial charge on any atom is -0.465 e. The summed E-state index contributed by atoms with van der Waals surface area (Å²) in [6.07, 6.45) is 0.654. The van der Waals surface area contributed by atoms with Gasteiger partial charge in [0.05, 0.1) is 24.2 Å². The number of rotatable bonds is 9. The van der Waals surface area contributed by atoms with Crippen LogP contribution in [0.3, 0.4) is 0 Å². The Morgan fingerprint density at radius 3 is 2.43 bits per heavy atom. The van der Waals surface area contributed by atoms with Gasteiger partial charge in [0.2, 0.25) is 11.8 Å². The van der Waals surface area contributed by atoms with Gasteiger partial charge in [0.15, 0.2) is 0 Å². The number of methoxy groups -OCH3 is 1. The number of anilines is 1. The molecule has 2 aromatic rings. The first-order chi connectivity index (χ1) is 13.5. The van der Waals surface area contributed by atoms with Gasteiger partial charge in [-0.1, -0.05) is 34.1 Å². The van der Waals surface area contributed by atoms with Crippen molar-refractivity contribution in [2.24, 2.45) is 0 Å². The van der Waals surface area contributed by atoms with Crippen LogP contribution in [0.2, 0.25) is 0 Å². The minimum absolute atomic E-state index is 0.119. The molecule has 0 aromatic heterocycles. The van der Waals surface area contributed by atoms with Crippen LogP contribution in [0.4, 0.5) is 5.69 Å². The highest BCUT2D eigenvalue weighted by molar-refractivity contribution is 9.10. The molecule has 0 saturated carbocycles. The van der Waals surface area contributed by atoms with Gasteiger partial charge >= 0.3 is 5.97 Å². The zero-order valence-corrected chi connectivity index (χ0v) is 17.8. The Morgan fingerprint density at radius 2 is 1.75 bits per heavy atom. The summed E-state index contributed by atoms with van der Waals surface area (Å²) in [4.78, 5) is 35.1. The third-order valence-electron chi connectivity index (χ3n) is 3.69. The van der Waals surface area contributed by atoms with Crippen molar-refractivity contribution in [3.8, 4) is 0 Å². The zero-order chi connectivity index (χ0) is 20.4. The molecule has 2 N–H and O–H groups in total. The van der Waals surface area contributed by atoms with Crippen molar-refractivity contribution >= 4 is 51.2 Å². The fraction of sp³-hybridized carbons (Fsp3) is 0.250. The minimum atomic E-state index is -0.374. The molecular weight excluding hydrogens is 444 g/mol. The maximum Gasteiger partial charge on any atom is 0.337 e. The van der Waals surface area contributed by atoms with Crippen LogP contribution in [0.5, 0.6) is 0 Å². The van der Waals surface area contributed by atoms with Crippen LogP contribution in [-0.2, 0) is 20.7 Å². The number of hydrogen-bond acceptors (Lipinski definition) is 5. The molecule has 8 heteroatoms. The van der Waals surface area contributed by atoms with Crippen molar-refractivity contribution in [1.29, 1.82) is 0 Å². The molecule has 0 unspecified atom stereocenters. The van der Waals surface area contributed by atoms with E-state index in [1.165, 1.54) is 18.9 Å². The third-order valence-corrected chi connectivity index (χ3v) is 5.11. The number of halogens is 1. The summed E-state index contributed by atoms with van der Waals surface area (Å²) in [7, 11) is 1.34. The van der Waals surface area contributed by atoms with Gasteiger partial charge in [-0.05, 0) is 42.3 Å². The predicted molar refractivity (Wildman–Crippen MR) is 115 cm³/mol. The van der Waals surface area contributed by atoms with Crippen LogP contribution in [0, 0.1) is 0 Å². The Kier molecular flexibility index (Phi) is 9.03. The van der Waals surface area contributed by atoms with E-state index in [2.05, 4.69) is 31.3 Å². The molecule has 0 fully saturated rings. The highest BCUT2D eigenvalue weighted by atomic mass is 79.9.